The summed E-state index contributed by atoms with van der Waals surface area (Å²) >= 11 is 7.33. The Bertz CT molecular complexity index is 1400. The van der Waals surface area contributed by atoms with Gasteiger partial charge in [-0.1, -0.05) is 54.5 Å². The maximum atomic E-state index is 15.1. The van der Waals surface area contributed by atoms with Crippen molar-refractivity contribution >= 4 is 34.6 Å². The Morgan fingerprint density at radius 3 is 2.54 bits per heavy atom. The van der Waals surface area contributed by atoms with Crippen LogP contribution in [-0.2, 0) is 4.74 Å². The van der Waals surface area contributed by atoms with Crippen LogP contribution in [0.5, 0.6) is 0 Å². The predicted octanol–water partition coefficient (Wildman–Crippen LogP) is 8.12. The van der Waals surface area contributed by atoms with Crippen LogP contribution in [0.25, 0.3) is 11.1 Å². The van der Waals surface area contributed by atoms with Gasteiger partial charge >= 0.3 is 5.97 Å². The van der Waals surface area contributed by atoms with E-state index in [4.69, 9.17) is 16.3 Å². The number of oxime groups is 1. The second-order valence-electron chi connectivity index (χ2n) is 8.20. The predicted molar refractivity (Wildman–Crippen MR) is 148 cm³/mol. The van der Waals surface area contributed by atoms with Gasteiger partial charge in [-0.15, -0.1) is 11.3 Å². The summed E-state index contributed by atoms with van der Waals surface area (Å²) in [5, 5.41) is 15.6. The molecule has 1 atom stereocenters. The standard InChI is InChI=1S/C28H24ClFN2O3S.CH4/c1-3-35-28(33)27-13-21(16-36-27)18-4-6-19(7-5-18)24(23-9-8-22(29)14-25(23)30)15-26(32-34)20-10-11-31-17(2)12-20;/h4-14,16,24,34H,3,15H2,1-2H3;1H4/b32-26+;. The summed E-state index contributed by atoms with van der Waals surface area (Å²) in [6.45, 7) is 3.95. The fraction of sp³-hybridized carbons (Fsp3) is 0.207. The summed E-state index contributed by atoms with van der Waals surface area (Å²) in [6, 6.07) is 17.7. The highest BCUT2D eigenvalue weighted by Crippen LogP contribution is 2.34. The molecule has 4 aromatic rings. The van der Waals surface area contributed by atoms with Crippen molar-refractivity contribution in [1.29, 1.82) is 0 Å². The lowest BCUT2D eigenvalue weighted by atomic mass is 9.84. The van der Waals surface area contributed by atoms with Crippen LogP contribution in [-0.4, -0.2) is 28.5 Å². The van der Waals surface area contributed by atoms with Gasteiger partial charge in [0.2, 0.25) is 0 Å². The van der Waals surface area contributed by atoms with Gasteiger partial charge in [-0.05, 0) is 71.8 Å². The third kappa shape index (κ3) is 6.61. The summed E-state index contributed by atoms with van der Waals surface area (Å²) in [7, 11) is 0. The molecule has 0 bridgehead atoms. The van der Waals surface area contributed by atoms with Gasteiger partial charge < -0.3 is 9.94 Å². The third-order valence-electron chi connectivity index (χ3n) is 5.81. The summed E-state index contributed by atoms with van der Waals surface area (Å²) < 4.78 is 20.1. The zero-order chi connectivity index (χ0) is 25.7. The Kier molecular flexibility index (Phi) is 9.55. The first-order chi connectivity index (χ1) is 17.4. The fourth-order valence-electron chi connectivity index (χ4n) is 4.03. The number of carbonyl (C=O) groups excluding carboxylic acids is 1. The van der Waals surface area contributed by atoms with Gasteiger partial charge in [0.15, 0.2) is 0 Å². The van der Waals surface area contributed by atoms with Gasteiger partial charge in [-0.3, -0.25) is 4.98 Å². The minimum Gasteiger partial charge on any atom is -0.462 e. The van der Waals surface area contributed by atoms with E-state index in [0.29, 0.717) is 33.3 Å². The van der Waals surface area contributed by atoms with Crippen LogP contribution in [0.2, 0.25) is 5.02 Å². The number of carbonyl (C=O) groups is 1. The summed E-state index contributed by atoms with van der Waals surface area (Å²) in [5.41, 5.74) is 5.01. The van der Waals surface area contributed by atoms with E-state index >= 15 is 4.39 Å². The molecule has 5 nitrogen and oxygen atoms in total. The molecule has 0 fully saturated rings. The van der Waals surface area contributed by atoms with Crippen LogP contribution in [0.1, 0.15) is 58.7 Å². The molecule has 0 saturated carbocycles. The molecule has 192 valence electrons. The molecule has 1 N–H and O–H groups in total. The Balaban J connectivity index is 0.00000380. The highest BCUT2D eigenvalue weighted by atomic mass is 35.5. The number of thiophene rings is 1. The highest BCUT2D eigenvalue weighted by molar-refractivity contribution is 7.12. The molecule has 0 aliphatic rings. The molecule has 37 heavy (non-hydrogen) atoms. The first-order valence-electron chi connectivity index (χ1n) is 11.3. The molecule has 0 radical (unpaired) electrons. The molecule has 0 spiro atoms. The lowest BCUT2D eigenvalue weighted by Gasteiger charge is -2.20. The van der Waals surface area contributed by atoms with Crippen molar-refractivity contribution in [3.63, 3.8) is 0 Å². The van der Waals surface area contributed by atoms with E-state index in [9.17, 15) is 10.0 Å². The number of hydrogen-bond acceptors (Lipinski definition) is 6. The fourth-order valence-corrected chi connectivity index (χ4v) is 5.00. The Morgan fingerprint density at radius 2 is 1.89 bits per heavy atom. The summed E-state index contributed by atoms with van der Waals surface area (Å²) in [6.07, 6.45) is 1.90. The zero-order valence-electron chi connectivity index (χ0n) is 19.7. The molecule has 2 aromatic heterocycles. The number of benzene rings is 2. The molecule has 2 aromatic carbocycles. The lowest BCUT2D eigenvalue weighted by Crippen LogP contribution is -2.12. The van der Waals surface area contributed by atoms with E-state index in [0.717, 1.165) is 22.4 Å². The summed E-state index contributed by atoms with van der Waals surface area (Å²) in [4.78, 5) is 16.8. The number of aryl methyl sites for hydroxylation is 1. The number of halogens is 2. The average Bonchev–Trinajstić information content (AvgIpc) is 3.36. The van der Waals surface area contributed by atoms with Crippen molar-refractivity contribution in [2.75, 3.05) is 6.61 Å². The Labute approximate surface area is 225 Å². The van der Waals surface area contributed by atoms with E-state index < -0.39 is 11.7 Å². The molecule has 8 heteroatoms. The minimum atomic E-state index is -0.437. The number of aromatic nitrogens is 1. The molecule has 0 aliphatic heterocycles. The third-order valence-corrected chi connectivity index (χ3v) is 6.95. The Hall–Kier alpha value is -3.55. The second-order valence-corrected chi connectivity index (χ2v) is 9.54. The molecular formula is C29H28ClFN2O3S. The number of pyridine rings is 1. The van der Waals surface area contributed by atoms with Crippen LogP contribution in [0.4, 0.5) is 4.39 Å². The van der Waals surface area contributed by atoms with Crippen LogP contribution in [0.15, 0.2) is 77.4 Å². The monoisotopic (exact) mass is 538 g/mol. The van der Waals surface area contributed by atoms with Gasteiger partial charge in [0.05, 0.1) is 12.3 Å². The molecule has 4 rings (SSSR count). The molecular weight excluding hydrogens is 511 g/mol. The largest absolute Gasteiger partial charge is 0.462 e. The van der Waals surface area contributed by atoms with Crippen molar-refractivity contribution in [2.24, 2.45) is 5.16 Å². The topological polar surface area (TPSA) is 71.8 Å². The number of nitrogens with zero attached hydrogens (tertiary/aromatic N) is 2. The van der Waals surface area contributed by atoms with Crippen molar-refractivity contribution in [3.05, 3.63) is 110 Å². The first kappa shape index (κ1) is 28.0. The van der Waals surface area contributed by atoms with E-state index in [1.807, 2.05) is 42.6 Å². The van der Waals surface area contributed by atoms with Gasteiger partial charge in [0.25, 0.3) is 0 Å². The van der Waals surface area contributed by atoms with Crippen LogP contribution in [0, 0.1) is 12.7 Å². The van der Waals surface area contributed by atoms with E-state index in [1.54, 1.807) is 37.4 Å². The maximum absolute atomic E-state index is 15.1. The summed E-state index contributed by atoms with van der Waals surface area (Å²) in [5.74, 6) is -1.21. The lowest BCUT2D eigenvalue weighted by molar-refractivity contribution is 0.0532. The quantitative estimate of drug-likeness (QED) is 0.106. The van der Waals surface area contributed by atoms with E-state index in [-0.39, 0.29) is 19.8 Å². The van der Waals surface area contributed by atoms with Crippen LogP contribution in [0.3, 0.4) is 0 Å². The highest BCUT2D eigenvalue weighted by Gasteiger charge is 2.22. The van der Waals surface area contributed by atoms with Gasteiger partial charge in [-0.25, -0.2) is 9.18 Å². The molecule has 0 aliphatic carbocycles. The smallest absolute Gasteiger partial charge is 0.348 e. The van der Waals surface area contributed by atoms with Gasteiger partial charge in [0, 0.05) is 34.8 Å². The van der Waals surface area contributed by atoms with Crippen LogP contribution < -0.4 is 0 Å². The molecule has 0 saturated heterocycles. The first-order valence-corrected chi connectivity index (χ1v) is 12.6. The van der Waals surface area contributed by atoms with E-state index in [2.05, 4.69) is 10.1 Å². The van der Waals surface area contributed by atoms with Crippen molar-refractivity contribution in [3.8, 4) is 11.1 Å². The SMILES string of the molecule is C.CCOC(=O)c1cc(-c2ccc(C(C/C(=N\O)c3ccnc(C)c3)c3ccc(Cl)cc3F)cc2)cs1. The number of ether oxygens (including phenoxy) is 1. The molecule has 2 heterocycles. The Morgan fingerprint density at radius 1 is 1.14 bits per heavy atom. The molecule has 0 amide bonds. The number of hydrogen-bond donors (Lipinski definition) is 1. The normalized spacial score (nSPS) is 12.1. The van der Waals surface area contributed by atoms with Gasteiger partial charge in [0.1, 0.15) is 10.7 Å². The van der Waals surface area contributed by atoms with Crippen molar-refractivity contribution in [1.82, 2.24) is 4.98 Å². The number of rotatable bonds is 8. The average molecular weight is 539 g/mol. The van der Waals surface area contributed by atoms with Crippen molar-refractivity contribution < 1.29 is 19.1 Å². The number of esters is 1. The molecule has 1 unspecified atom stereocenters. The van der Waals surface area contributed by atoms with Gasteiger partial charge in [-0.2, -0.15) is 0 Å². The van der Waals surface area contributed by atoms with Crippen LogP contribution >= 0.6 is 22.9 Å². The second kappa shape index (κ2) is 12.6. The van der Waals surface area contributed by atoms with Crippen molar-refractivity contribution in [2.45, 2.75) is 33.6 Å². The zero-order valence-corrected chi connectivity index (χ0v) is 21.3. The maximum Gasteiger partial charge on any atom is 0.348 e. The van der Waals surface area contributed by atoms with E-state index in [1.165, 1.54) is 17.4 Å². The minimum absolute atomic E-state index is 0.